The minimum atomic E-state index is -3.08. The molecule has 0 saturated carbocycles. The Kier molecular flexibility index (Phi) is 4.86. The fourth-order valence-electron chi connectivity index (χ4n) is 1.24. The molecule has 1 rings (SSSR count). The zero-order chi connectivity index (χ0) is 13.7. The molecule has 0 aliphatic carbocycles. The molecule has 1 aromatic rings. The summed E-state index contributed by atoms with van der Waals surface area (Å²) in [7, 11) is 0. The molecular weight excluding hydrogens is 268 g/mol. The predicted molar refractivity (Wildman–Crippen MR) is 58.8 cm³/mol. The summed E-state index contributed by atoms with van der Waals surface area (Å²) in [5.41, 5.74) is -0.348. The summed E-state index contributed by atoms with van der Waals surface area (Å²) in [4.78, 5) is 11.6. The maximum absolute atomic E-state index is 12.1. The van der Waals surface area contributed by atoms with E-state index in [1.54, 1.807) is 13.0 Å². The maximum Gasteiger partial charge on any atom is 0.387 e. The molecule has 4 nitrogen and oxygen atoms in total. The minimum Gasteiger partial charge on any atom is -0.462 e. The zero-order valence-electron chi connectivity index (χ0n) is 9.25. The van der Waals surface area contributed by atoms with Crippen molar-refractivity contribution in [3.8, 4) is 11.8 Å². The minimum absolute atomic E-state index is 0.0694. The number of ether oxygens (including phenoxy) is 2. The quantitative estimate of drug-likeness (QED) is 0.793. The van der Waals surface area contributed by atoms with E-state index in [1.807, 2.05) is 0 Å². The third-order valence-electron chi connectivity index (χ3n) is 1.92. The van der Waals surface area contributed by atoms with Gasteiger partial charge in [-0.1, -0.05) is 11.6 Å². The number of nitriles is 1. The molecule has 0 unspecified atom stereocenters. The topological polar surface area (TPSA) is 59.3 Å². The van der Waals surface area contributed by atoms with Crippen LogP contribution in [0.4, 0.5) is 8.78 Å². The highest BCUT2D eigenvalue weighted by atomic mass is 35.5. The molecule has 0 radical (unpaired) electrons. The molecule has 0 atom stereocenters. The van der Waals surface area contributed by atoms with Crippen molar-refractivity contribution in [2.45, 2.75) is 13.5 Å². The average molecular weight is 276 g/mol. The van der Waals surface area contributed by atoms with E-state index in [9.17, 15) is 13.6 Å². The van der Waals surface area contributed by atoms with Gasteiger partial charge in [0.1, 0.15) is 11.8 Å². The highest BCUT2D eigenvalue weighted by molar-refractivity contribution is 6.35. The highest BCUT2D eigenvalue weighted by Gasteiger charge is 2.22. The Morgan fingerprint density at radius 1 is 1.56 bits per heavy atom. The van der Waals surface area contributed by atoms with E-state index < -0.39 is 12.6 Å². The van der Waals surface area contributed by atoms with Gasteiger partial charge in [-0.3, -0.25) is 0 Å². The summed E-state index contributed by atoms with van der Waals surface area (Å²) < 4.78 is 33.0. The van der Waals surface area contributed by atoms with Gasteiger partial charge in [-0.2, -0.15) is 14.0 Å². The van der Waals surface area contributed by atoms with Gasteiger partial charge >= 0.3 is 12.6 Å². The second-order valence-corrected chi connectivity index (χ2v) is 3.39. The van der Waals surface area contributed by atoms with Crippen LogP contribution in [-0.4, -0.2) is 19.2 Å². The molecule has 0 heterocycles. The summed E-state index contributed by atoms with van der Waals surface area (Å²) in [6.07, 6.45) is 0. The summed E-state index contributed by atoms with van der Waals surface area (Å²) in [5.74, 6) is -1.24. The largest absolute Gasteiger partial charge is 0.462 e. The van der Waals surface area contributed by atoms with Crippen LogP contribution in [0.25, 0.3) is 0 Å². The van der Waals surface area contributed by atoms with Crippen LogP contribution in [0, 0.1) is 11.3 Å². The third kappa shape index (κ3) is 3.08. The van der Waals surface area contributed by atoms with Crippen molar-refractivity contribution in [2.24, 2.45) is 0 Å². The lowest BCUT2D eigenvalue weighted by atomic mass is 10.1. The summed E-state index contributed by atoms with van der Waals surface area (Å²) in [6.45, 7) is -1.44. The molecule has 1 aromatic carbocycles. The first kappa shape index (κ1) is 14.2. The molecule has 0 aliphatic rings. The Hall–Kier alpha value is -1.87. The van der Waals surface area contributed by atoms with E-state index in [1.165, 1.54) is 0 Å². The van der Waals surface area contributed by atoms with Gasteiger partial charge in [0.2, 0.25) is 0 Å². The fourth-order valence-corrected chi connectivity index (χ4v) is 1.53. The first-order valence-electron chi connectivity index (χ1n) is 4.85. The molecular formula is C11H8ClF2NO3. The molecule has 7 heteroatoms. The van der Waals surface area contributed by atoms with Gasteiger partial charge in [0.05, 0.1) is 22.8 Å². The second-order valence-electron chi connectivity index (χ2n) is 3.01. The van der Waals surface area contributed by atoms with E-state index >= 15 is 0 Å². The van der Waals surface area contributed by atoms with Gasteiger partial charge in [-0.15, -0.1) is 0 Å². The lowest BCUT2D eigenvalue weighted by molar-refractivity contribution is -0.0498. The van der Waals surface area contributed by atoms with Crippen molar-refractivity contribution >= 4 is 17.6 Å². The molecule has 0 aliphatic heterocycles. The Morgan fingerprint density at radius 2 is 2.22 bits per heavy atom. The Balaban J connectivity index is 3.28. The SMILES string of the molecule is CCOC(=O)c1c(C#N)ccc(OC(F)F)c1Cl. The Bertz CT molecular complexity index is 500. The zero-order valence-corrected chi connectivity index (χ0v) is 10.0. The monoisotopic (exact) mass is 275 g/mol. The molecule has 0 bridgehead atoms. The van der Waals surface area contributed by atoms with Crippen molar-refractivity contribution in [2.75, 3.05) is 6.61 Å². The van der Waals surface area contributed by atoms with Crippen LogP contribution in [0.3, 0.4) is 0 Å². The van der Waals surface area contributed by atoms with Gasteiger partial charge in [0.15, 0.2) is 0 Å². The molecule has 18 heavy (non-hydrogen) atoms. The van der Waals surface area contributed by atoms with Crippen molar-refractivity contribution in [3.63, 3.8) is 0 Å². The van der Waals surface area contributed by atoms with Gasteiger partial charge in [0.25, 0.3) is 0 Å². The van der Waals surface area contributed by atoms with Crippen molar-refractivity contribution in [1.29, 1.82) is 5.26 Å². The smallest absolute Gasteiger partial charge is 0.387 e. The van der Waals surface area contributed by atoms with Crippen LogP contribution in [0.2, 0.25) is 5.02 Å². The summed E-state index contributed by atoms with van der Waals surface area (Å²) >= 11 is 5.76. The lowest BCUT2D eigenvalue weighted by Gasteiger charge is -2.11. The van der Waals surface area contributed by atoms with Crippen LogP contribution in [-0.2, 0) is 4.74 Å². The van der Waals surface area contributed by atoms with Gasteiger partial charge in [-0.05, 0) is 19.1 Å². The van der Waals surface area contributed by atoms with Crippen LogP contribution in [0.1, 0.15) is 22.8 Å². The number of esters is 1. The number of hydrogen-bond acceptors (Lipinski definition) is 4. The summed E-state index contributed by atoms with van der Waals surface area (Å²) in [5, 5.41) is 8.46. The lowest BCUT2D eigenvalue weighted by Crippen LogP contribution is -2.10. The van der Waals surface area contributed by atoms with Gasteiger partial charge in [-0.25, -0.2) is 4.79 Å². The van der Waals surface area contributed by atoms with Gasteiger partial charge < -0.3 is 9.47 Å². The van der Waals surface area contributed by atoms with E-state index in [2.05, 4.69) is 4.74 Å². The van der Waals surface area contributed by atoms with Crippen LogP contribution in [0.15, 0.2) is 12.1 Å². The Morgan fingerprint density at radius 3 is 2.72 bits per heavy atom. The first-order valence-corrected chi connectivity index (χ1v) is 5.23. The van der Waals surface area contributed by atoms with Crippen LogP contribution in [0.5, 0.6) is 5.75 Å². The average Bonchev–Trinajstić information content (AvgIpc) is 2.31. The predicted octanol–water partition coefficient (Wildman–Crippen LogP) is 2.99. The molecule has 0 spiro atoms. The standard InChI is InChI=1S/C11H8ClF2NO3/c1-2-17-10(16)8-6(5-15)3-4-7(9(8)12)18-11(13)14/h3-4,11H,2H2,1H3. The number of nitrogens with zero attached hydrogens (tertiary/aromatic N) is 1. The molecule has 0 fully saturated rings. The van der Waals surface area contributed by atoms with Crippen molar-refractivity contribution in [1.82, 2.24) is 0 Å². The van der Waals surface area contributed by atoms with Crippen molar-refractivity contribution < 1.29 is 23.0 Å². The molecule has 96 valence electrons. The van der Waals surface area contributed by atoms with E-state index in [-0.39, 0.29) is 28.5 Å². The van der Waals surface area contributed by atoms with Crippen LogP contribution >= 0.6 is 11.6 Å². The number of hydrogen-bond donors (Lipinski definition) is 0. The molecule has 0 amide bonds. The molecule has 0 aromatic heterocycles. The van der Waals surface area contributed by atoms with Crippen LogP contribution < -0.4 is 4.74 Å². The Labute approximate surface area is 107 Å². The number of alkyl halides is 2. The number of halogens is 3. The summed E-state index contributed by atoms with van der Waals surface area (Å²) in [6, 6.07) is 3.98. The normalized spacial score (nSPS) is 10.0. The van der Waals surface area contributed by atoms with E-state index in [0.29, 0.717) is 0 Å². The third-order valence-corrected chi connectivity index (χ3v) is 2.30. The maximum atomic E-state index is 12.1. The molecule has 0 N–H and O–H groups in total. The van der Waals surface area contributed by atoms with E-state index in [0.717, 1.165) is 12.1 Å². The fraction of sp³-hybridized carbons (Fsp3) is 0.273. The first-order chi connectivity index (χ1) is 8.51. The number of carbonyl (C=O) groups is 1. The second kappa shape index (κ2) is 6.17. The highest BCUT2D eigenvalue weighted by Crippen LogP contribution is 2.32. The molecule has 0 saturated heterocycles. The van der Waals surface area contributed by atoms with E-state index in [4.69, 9.17) is 21.6 Å². The number of carbonyl (C=O) groups excluding carboxylic acids is 1. The van der Waals surface area contributed by atoms with Crippen molar-refractivity contribution in [3.05, 3.63) is 28.3 Å². The number of rotatable bonds is 4. The number of benzene rings is 1. The van der Waals surface area contributed by atoms with Gasteiger partial charge in [0, 0.05) is 0 Å².